The standard InChI is InChI=1S/C15H33N/c1-6-11-16(12-14(7-2)8-3)13-15(9-4)10-5/h14-15H,6-13H2,1-5H3. The maximum Gasteiger partial charge on any atom is 0.000957 e. The molecule has 0 fully saturated rings. The van der Waals surface area contributed by atoms with Crippen LogP contribution in [0.4, 0.5) is 0 Å². The Balaban J connectivity index is 4.13. The Morgan fingerprint density at radius 2 is 1.06 bits per heavy atom. The van der Waals surface area contributed by atoms with Gasteiger partial charge in [0.15, 0.2) is 0 Å². The number of hydrogen-bond donors (Lipinski definition) is 0. The SMILES string of the molecule is CCCN(CC(CC)CC)CC(CC)CC. The Morgan fingerprint density at radius 3 is 1.31 bits per heavy atom. The minimum absolute atomic E-state index is 0.904. The molecule has 0 spiro atoms. The summed E-state index contributed by atoms with van der Waals surface area (Å²) >= 11 is 0. The van der Waals surface area contributed by atoms with Gasteiger partial charge in [0.2, 0.25) is 0 Å². The second-order valence-electron chi connectivity index (χ2n) is 5.12. The van der Waals surface area contributed by atoms with Crippen LogP contribution in [0.2, 0.25) is 0 Å². The van der Waals surface area contributed by atoms with E-state index in [1.165, 1.54) is 51.7 Å². The monoisotopic (exact) mass is 227 g/mol. The Kier molecular flexibility index (Phi) is 10.1. The molecule has 16 heavy (non-hydrogen) atoms. The third-order valence-electron chi connectivity index (χ3n) is 3.88. The highest BCUT2D eigenvalue weighted by molar-refractivity contribution is 4.68. The fourth-order valence-electron chi connectivity index (χ4n) is 2.40. The van der Waals surface area contributed by atoms with Gasteiger partial charge in [-0.3, -0.25) is 0 Å². The average Bonchev–Trinajstić information content (AvgIpc) is 2.32. The molecule has 0 aromatic heterocycles. The van der Waals surface area contributed by atoms with Crippen LogP contribution in [0.15, 0.2) is 0 Å². The van der Waals surface area contributed by atoms with E-state index in [2.05, 4.69) is 39.5 Å². The lowest BCUT2D eigenvalue weighted by Crippen LogP contribution is -2.34. The van der Waals surface area contributed by atoms with E-state index >= 15 is 0 Å². The predicted molar refractivity (Wildman–Crippen MR) is 74.9 cm³/mol. The molecule has 98 valence electrons. The molecule has 0 aromatic rings. The second-order valence-corrected chi connectivity index (χ2v) is 5.12. The normalized spacial score (nSPS) is 12.0. The van der Waals surface area contributed by atoms with E-state index in [1.54, 1.807) is 0 Å². The van der Waals surface area contributed by atoms with Crippen molar-refractivity contribution >= 4 is 0 Å². The molecular weight excluding hydrogens is 194 g/mol. The fourth-order valence-corrected chi connectivity index (χ4v) is 2.40. The van der Waals surface area contributed by atoms with Crippen LogP contribution in [0, 0.1) is 11.8 Å². The van der Waals surface area contributed by atoms with Gasteiger partial charge >= 0.3 is 0 Å². The van der Waals surface area contributed by atoms with Gasteiger partial charge in [0.1, 0.15) is 0 Å². The molecule has 0 aliphatic rings. The lowest BCUT2D eigenvalue weighted by Gasteiger charge is -2.29. The van der Waals surface area contributed by atoms with E-state index in [1.807, 2.05) is 0 Å². The van der Waals surface area contributed by atoms with Crippen LogP contribution in [0.3, 0.4) is 0 Å². The minimum atomic E-state index is 0.904. The molecule has 0 aliphatic carbocycles. The topological polar surface area (TPSA) is 3.24 Å². The Labute approximate surface area is 104 Å². The third-order valence-corrected chi connectivity index (χ3v) is 3.88. The van der Waals surface area contributed by atoms with Gasteiger partial charge in [-0.2, -0.15) is 0 Å². The fraction of sp³-hybridized carbons (Fsp3) is 1.00. The first-order chi connectivity index (χ1) is 7.71. The summed E-state index contributed by atoms with van der Waals surface area (Å²) < 4.78 is 0. The number of nitrogens with zero attached hydrogens (tertiary/aromatic N) is 1. The maximum atomic E-state index is 2.70. The second kappa shape index (κ2) is 10.1. The Bertz CT molecular complexity index is 122. The summed E-state index contributed by atoms with van der Waals surface area (Å²) in [6.07, 6.45) is 6.62. The van der Waals surface area contributed by atoms with Gasteiger partial charge in [-0.05, 0) is 24.8 Å². The van der Waals surface area contributed by atoms with Crippen molar-refractivity contribution in [3.8, 4) is 0 Å². The van der Waals surface area contributed by atoms with Crippen LogP contribution in [0.25, 0.3) is 0 Å². The molecule has 0 bridgehead atoms. The van der Waals surface area contributed by atoms with Crippen LogP contribution in [-0.4, -0.2) is 24.5 Å². The van der Waals surface area contributed by atoms with Crippen molar-refractivity contribution in [1.29, 1.82) is 0 Å². The first kappa shape index (κ1) is 16.0. The highest BCUT2D eigenvalue weighted by Gasteiger charge is 2.14. The van der Waals surface area contributed by atoms with Crippen molar-refractivity contribution in [3.63, 3.8) is 0 Å². The van der Waals surface area contributed by atoms with E-state index in [0.29, 0.717) is 0 Å². The molecule has 0 heterocycles. The van der Waals surface area contributed by atoms with Crippen molar-refractivity contribution in [2.24, 2.45) is 11.8 Å². The molecule has 0 N–H and O–H groups in total. The Hall–Kier alpha value is -0.0400. The van der Waals surface area contributed by atoms with E-state index in [-0.39, 0.29) is 0 Å². The summed E-state index contributed by atoms with van der Waals surface area (Å²) in [7, 11) is 0. The summed E-state index contributed by atoms with van der Waals surface area (Å²) in [6.45, 7) is 15.5. The molecule has 0 saturated carbocycles. The zero-order valence-corrected chi connectivity index (χ0v) is 12.3. The van der Waals surface area contributed by atoms with Gasteiger partial charge in [-0.25, -0.2) is 0 Å². The summed E-state index contributed by atoms with van der Waals surface area (Å²) in [5.41, 5.74) is 0. The van der Waals surface area contributed by atoms with Crippen LogP contribution in [0.1, 0.15) is 66.7 Å². The van der Waals surface area contributed by atoms with E-state index in [0.717, 1.165) is 11.8 Å². The molecule has 0 aliphatic heterocycles. The smallest absolute Gasteiger partial charge is 0.000957 e. The molecule has 1 nitrogen and oxygen atoms in total. The molecule has 0 aromatic carbocycles. The van der Waals surface area contributed by atoms with E-state index in [9.17, 15) is 0 Å². The molecule has 0 saturated heterocycles. The van der Waals surface area contributed by atoms with Crippen molar-refractivity contribution in [2.75, 3.05) is 19.6 Å². The quantitative estimate of drug-likeness (QED) is 0.528. The first-order valence-corrected chi connectivity index (χ1v) is 7.43. The molecule has 0 radical (unpaired) electrons. The highest BCUT2D eigenvalue weighted by atomic mass is 15.1. The Morgan fingerprint density at radius 1 is 0.688 bits per heavy atom. The molecular formula is C15H33N. The summed E-state index contributed by atoms with van der Waals surface area (Å²) in [5.74, 6) is 1.81. The van der Waals surface area contributed by atoms with Gasteiger partial charge < -0.3 is 4.90 Å². The third kappa shape index (κ3) is 6.52. The van der Waals surface area contributed by atoms with Gasteiger partial charge in [0.25, 0.3) is 0 Å². The highest BCUT2D eigenvalue weighted by Crippen LogP contribution is 2.15. The number of rotatable bonds is 10. The molecule has 0 amide bonds. The van der Waals surface area contributed by atoms with Crippen LogP contribution < -0.4 is 0 Å². The molecule has 0 atom stereocenters. The summed E-state index contributed by atoms with van der Waals surface area (Å²) in [5, 5.41) is 0. The van der Waals surface area contributed by atoms with Crippen molar-refractivity contribution in [1.82, 2.24) is 4.90 Å². The molecule has 1 heteroatoms. The van der Waals surface area contributed by atoms with Gasteiger partial charge in [0.05, 0.1) is 0 Å². The van der Waals surface area contributed by atoms with Crippen molar-refractivity contribution in [2.45, 2.75) is 66.7 Å². The van der Waals surface area contributed by atoms with E-state index in [4.69, 9.17) is 0 Å². The molecule has 0 unspecified atom stereocenters. The van der Waals surface area contributed by atoms with Gasteiger partial charge in [0, 0.05) is 13.1 Å². The predicted octanol–water partition coefficient (Wildman–Crippen LogP) is 4.57. The summed E-state index contributed by atoms with van der Waals surface area (Å²) in [4.78, 5) is 2.70. The lowest BCUT2D eigenvalue weighted by molar-refractivity contribution is 0.188. The maximum absolute atomic E-state index is 2.70. The first-order valence-electron chi connectivity index (χ1n) is 7.43. The van der Waals surface area contributed by atoms with Crippen LogP contribution >= 0.6 is 0 Å². The molecule has 0 rings (SSSR count). The van der Waals surface area contributed by atoms with Crippen molar-refractivity contribution in [3.05, 3.63) is 0 Å². The summed E-state index contributed by atoms with van der Waals surface area (Å²) in [6, 6.07) is 0. The van der Waals surface area contributed by atoms with Crippen LogP contribution in [0.5, 0.6) is 0 Å². The number of hydrogen-bond acceptors (Lipinski definition) is 1. The van der Waals surface area contributed by atoms with Gasteiger partial charge in [-0.15, -0.1) is 0 Å². The average molecular weight is 227 g/mol. The lowest BCUT2D eigenvalue weighted by atomic mass is 9.99. The van der Waals surface area contributed by atoms with Crippen LogP contribution in [-0.2, 0) is 0 Å². The van der Waals surface area contributed by atoms with E-state index < -0.39 is 0 Å². The zero-order chi connectivity index (χ0) is 12.4. The van der Waals surface area contributed by atoms with Crippen molar-refractivity contribution < 1.29 is 0 Å². The largest absolute Gasteiger partial charge is 0.303 e. The minimum Gasteiger partial charge on any atom is -0.303 e. The zero-order valence-electron chi connectivity index (χ0n) is 12.3. The van der Waals surface area contributed by atoms with Gasteiger partial charge in [-0.1, -0.05) is 60.3 Å².